The van der Waals surface area contributed by atoms with Crippen molar-refractivity contribution in [2.75, 3.05) is 11.1 Å². The Morgan fingerprint density at radius 3 is 2.82 bits per heavy atom. The second-order valence-electron chi connectivity index (χ2n) is 3.47. The number of primary amides is 1. The fourth-order valence-electron chi connectivity index (χ4n) is 1.58. The number of carbonyl (C=O) groups excluding carboxylic acids is 2. The average Bonchev–Trinajstić information content (AvgIpc) is 2.58. The van der Waals surface area contributed by atoms with Gasteiger partial charge in [0.05, 0.1) is 11.3 Å². The lowest BCUT2D eigenvalue weighted by molar-refractivity contribution is -0.106. The normalized spacial score (nSPS) is 15.2. The number of carbonyl (C=O) groups is 2. The van der Waals surface area contributed by atoms with Crippen molar-refractivity contribution in [2.45, 2.75) is 0 Å². The van der Waals surface area contributed by atoms with Crippen LogP contribution >= 0.6 is 11.8 Å². The molecule has 1 heterocycles. The molecule has 1 aliphatic rings. The molecule has 0 radical (unpaired) electrons. The van der Waals surface area contributed by atoms with E-state index in [4.69, 9.17) is 5.73 Å². The predicted molar refractivity (Wildman–Crippen MR) is 66.7 cm³/mol. The molecule has 0 spiro atoms. The number of nitrogens with two attached hydrogens (primary N) is 1. The minimum absolute atomic E-state index is 0.0659. The van der Waals surface area contributed by atoms with Crippen LogP contribution < -0.4 is 11.1 Å². The van der Waals surface area contributed by atoms with Gasteiger partial charge in [0.25, 0.3) is 0 Å². The van der Waals surface area contributed by atoms with E-state index >= 15 is 0 Å². The van der Waals surface area contributed by atoms with Crippen LogP contribution in [0.5, 0.6) is 0 Å². The summed E-state index contributed by atoms with van der Waals surface area (Å²) in [5.41, 5.74) is 6.35. The van der Waals surface area contributed by atoms with E-state index in [1.54, 1.807) is 24.3 Å². The molecule has 0 unspecified atom stereocenters. The molecule has 6 heteroatoms. The van der Waals surface area contributed by atoms with Crippen molar-refractivity contribution in [1.29, 1.82) is 0 Å². The first-order chi connectivity index (χ1) is 8.08. The van der Waals surface area contributed by atoms with Gasteiger partial charge in [-0.05, 0) is 17.7 Å². The molecule has 1 aliphatic heterocycles. The summed E-state index contributed by atoms with van der Waals surface area (Å²) in [6.45, 7) is 0. The third-order valence-electron chi connectivity index (χ3n) is 2.25. The summed E-state index contributed by atoms with van der Waals surface area (Å²) in [5.74, 6) is 0.359. The van der Waals surface area contributed by atoms with Crippen LogP contribution in [0.15, 0.2) is 30.0 Å². The molecule has 0 atom stereocenters. The van der Waals surface area contributed by atoms with Gasteiger partial charge in [-0.2, -0.15) is 0 Å². The maximum Gasteiger partial charge on any atom is 0.316 e. The highest BCUT2D eigenvalue weighted by atomic mass is 32.2. The van der Waals surface area contributed by atoms with Crippen molar-refractivity contribution >= 4 is 34.2 Å². The number of anilines is 1. The van der Waals surface area contributed by atoms with Crippen molar-refractivity contribution in [3.8, 4) is 0 Å². The van der Waals surface area contributed by atoms with Gasteiger partial charge in [0.1, 0.15) is 5.76 Å². The van der Waals surface area contributed by atoms with Gasteiger partial charge in [0.15, 0.2) is 0 Å². The Labute approximate surface area is 102 Å². The maximum absolute atomic E-state index is 11.6. The number of aliphatic hydroxyl groups excluding tert-OH is 1. The third kappa shape index (κ3) is 2.42. The number of thioether (sulfide) groups is 1. The number of amides is 2. The van der Waals surface area contributed by atoms with Gasteiger partial charge < -0.3 is 16.2 Å². The highest BCUT2D eigenvalue weighted by Gasteiger charge is 2.25. The first-order valence-corrected chi connectivity index (χ1v) is 5.82. The third-order valence-corrected chi connectivity index (χ3v) is 3.14. The number of hydrogen-bond donors (Lipinski definition) is 3. The smallest absolute Gasteiger partial charge is 0.316 e. The first-order valence-electron chi connectivity index (χ1n) is 4.84. The van der Waals surface area contributed by atoms with Gasteiger partial charge in [0.2, 0.25) is 5.12 Å². The van der Waals surface area contributed by atoms with E-state index in [1.807, 2.05) is 0 Å². The van der Waals surface area contributed by atoms with Crippen LogP contribution in [0.1, 0.15) is 5.56 Å². The van der Waals surface area contributed by atoms with Crippen molar-refractivity contribution in [3.63, 3.8) is 0 Å². The van der Waals surface area contributed by atoms with E-state index in [0.29, 0.717) is 22.6 Å². The quantitative estimate of drug-likeness (QED) is 0.745. The van der Waals surface area contributed by atoms with Gasteiger partial charge in [-0.15, -0.1) is 0 Å². The first kappa shape index (κ1) is 11.5. The van der Waals surface area contributed by atoms with Gasteiger partial charge in [-0.3, -0.25) is 4.79 Å². The van der Waals surface area contributed by atoms with Crippen LogP contribution in [0.4, 0.5) is 10.5 Å². The molecule has 88 valence electrons. The SMILES string of the molecule is NC(=O)Nc1cccc(C2=C(O)CSC2=O)c1. The second kappa shape index (κ2) is 4.50. The van der Waals surface area contributed by atoms with Crippen LogP contribution in [0.3, 0.4) is 0 Å². The van der Waals surface area contributed by atoms with E-state index in [9.17, 15) is 14.7 Å². The maximum atomic E-state index is 11.6. The van der Waals surface area contributed by atoms with Crippen molar-refractivity contribution < 1.29 is 14.7 Å². The minimum Gasteiger partial charge on any atom is -0.511 e. The van der Waals surface area contributed by atoms with E-state index < -0.39 is 6.03 Å². The average molecular weight is 250 g/mol. The van der Waals surface area contributed by atoms with Crippen LogP contribution in [0.25, 0.3) is 5.57 Å². The number of urea groups is 1. The molecule has 0 fully saturated rings. The monoisotopic (exact) mass is 250 g/mol. The summed E-state index contributed by atoms with van der Waals surface area (Å²) in [4.78, 5) is 22.3. The van der Waals surface area contributed by atoms with Crippen LogP contribution in [-0.4, -0.2) is 22.0 Å². The number of benzene rings is 1. The van der Waals surface area contributed by atoms with Crippen molar-refractivity contribution in [2.24, 2.45) is 5.73 Å². The Morgan fingerprint density at radius 1 is 1.47 bits per heavy atom. The fourth-order valence-corrected chi connectivity index (χ4v) is 2.37. The molecule has 4 N–H and O–H groups in total. The Hall–Kier alpha value is -1.95. The lowest BCUT2D eigenvalue weighted by Crippen LogP contribution is -2.19. The summed E-state index contributed by atoms with van der Waals surface area (Å²) in [7, 11) is 0. The van der Waals surface area contributed by atoms with Gasteiger partial charge in [-0.25, -0.2) is 4.79 Å². The highest BCUT2D eigenvalue weighted by Crippen LogP contribution is 2.33. The van der Waals surface area contributed by atoms with E-state index in [1.165, 1.54) is 0 Å². The molecule has 5 nitrogen and oxygen atoms in total. The van der Waals surface area contributed by atoms with E-state index in [2.05, 4.69) is 5.32 Å². The highest BCUT2D eigenvalue weighted by molar-refractivity contribution is 8.15. The number of rotatable bonds is 2. The molecular formula is C11H10N2O3S. The predicted octanol–water partition coefficient (Wildman–Crippen LogP) is 1.72. The summed E-state index contributed by atoms with van der Waals surface area (Å²) in [5, 5.41) is 11.9. The fraction of sp³-hybridized carbons (Fsp3) is 0.0909. The molecule has 17 heavy (non-hydrogen) atoms. The van der Waals surface area contributed by atoms with Crippen molar-refractivity contribution in [3.05, 3.63) is 35.6 Å². The molecular weight excluding hydrogens is 240 g/mol. The van der Waals surface area contributed by atoms with Gasteiger partial charge >= 0.3 is 6.03 Å². The second-order valence-corrected chi connectivity index (χ2v) is 4.42. The van der Waals surface area contributed by atoms with E-state index in [0.717, 1.165) is 11.8 Å². The molecule has 0 saturated heterocycles. The molecule has 1 aromatic rings. The van der Waals surface area contributed by atoms with Crippen LogP contribution in [0, 0.1) is 0 Å². The topological polar surface area (TPSA) is 92.4 Å². The van der Waals surface area contributed by atoms with Gasteiger partial charge in [0, 0.05) is 5.69 Å². The Balaban J connectivity index is 2.37. The van der Waals surface area contributed by atoms with Crippen LogP contribution in [-0.2, 0) is 4.79 Å². The zero-order chi connectivity index (χ0) is 12.4. The summed E-state index contributed by atoms with van der Waals surface area (Å²) in [6.07, 6.45) is 0. The minimum atomic E-state index is -0.674. The van der Waals surface area contributed by atoms with E-state index in [-0.39, 0.29) is 10.9 Å². The Bertz CT molecular complexity index is 525. The lowest BCUT2D eigenvalue weighted by atomic mass is 10.1. The Kier molecular flexibility index (Phi) is 3.06. The molecule has 0 bridgehead atoms. The molecule has 2 rings (SSSR count). The Morgan fingerprint density at radius 2 is 2.24 bits per heavy atom. The molecule has 0 aromatic heterocycles. The molecule has 0 aliphatic carbocycles. The van der Waals surface area contributed by atoms with Gasteiger partial charge in [-0.1, -0.05) is 23.9 Å². The summed E-state index contributed by atoms with van der Waals surface area (Å²) in [6, 6.07) is 5.95. The zero-order valence-corrected chi connectivity index (χ0v) is 9.58. The number of aliphatic hydroxyl groups is 1. The number of nitrogens with one attached hydrogen (secondary N) is 1. The summed E-state index contributed by atoms with van der Waals surface area (Å²) < 4.78 is 0. The number of hydrogen-bond acceptors (Lipinski definition) is 4. The zero-order valence-electron chi connectivity index (χ0n) is 8.77. The molecule has 0 saturated carbocycles. The standard InChI is InChI=1S/C11H10N2O3S/c12-11(16)13-7-3-1-2-6(4-7)9-8(14)5-17-10(9)15/h1-4,14H,5H2,(H3,12,13,16). The van der Waals surface area contributed by atoms with Crippen LogP contribution in [0.2, 0.25) is 0 Å². The summed E-state index contributed by atoms with van der Waals surface area (Å²) >= 11 is 1.05. The lowest BCUT2D eigenvalue weighted by Gasteiger charge is -2.05. The molecule has 2 amide bonds. The largest absolute Gasteiger partial charge is 0.511 e. The van der Waals surface area contributed by atoms with Crippen molar-refractivity contribution in [1.82, 2.24) is 0 Å². The molecule has 1 aromatic carbocycles.